The summed E-state index contributed by atoms with van der Waals surface area (Å²) in [6.07, 6.45) is 18.1. The van der Waals surface area contributed by atoms with Crippen molar-refractivity contribution in [3.05, 3.63) is 30.1 Å². The highest BCUT2D eigenvalue weighted by molar-refractivity contribution is 5.09. The zero-order valence-corrected chi connectivity index (χ0v) is 12.5. The van der Waals surface area contributed by atoms with Crippen LogP contribution in [-0.2, 0) is 6.42 Å². The molecule has 1 aliphatic rings. The normalized spacial score (nSPS) is 17.7. The Morgan fingerprint density at radius 2 is 2.05 bits per heavy atom. The fourth-order valence-electron chi connectivity index (χ4n) is 3.59. The summed E-state index contributed by atoms with van der Waals surface area (Å²) >= 11 is 0. The van der Waals surface area contributed by atoms with Gasteiger partial charge in [0.15, 0.2) is 0 Å². The lowest BCUT2D eigenvalue weighted by Gasteiger charge is -2.23. The molecule has 2 rings (SSSR count). The highest BCUT2D eigenvalue weighted by atomic mass is 14.6. The van der Waals surface area contributed by atoms with Crippen molar-refractivity contribution in [2.45, 2.75) is 71.1 Å². The molecule has 0 spiro atoms. The maximum atomic E-state index is 4.27. The second-order valence-electron chi connectivity index (χ2n) is 6.22. The predicted octanol–water partition coefficient (Wildman–Crippen LogP) is 5.40. The number of unbranched alkanes of at least 4 members (excludes halogenated alkanes) is 3. The second kappa shape index (κ2) is 8.35. The van der Waals surface area contributed by atoms with E-state index in [1.165, 1.54) is 69.8 Å². The topological polar surface area (TPSA) is 12.9 Å². The molecular weight excluding hydrogens is 230 g/mol. The first-order chi connectivity index (χ1) is 9.40. The maximum absolute atomic E-state index is 4.27. The van der Waals surface area contributed by atoms with E-state index >= 15 is 0 Å². The Labute approximate surface area is 118 Å². The maximum Gasteiger partial charge on any atom is 0.0299 e. The van der Waals surface area contributed by atoms with Gasteiger partial charge in [0.1, 0.15) is 0 Å². The standard InChI is InChI=1S/C18H29N/c1-2-3-4-5-12-18(17-10-6-7-11-17)14-16-9-8-13-19-15-16/h8-9,13,15,17-18H,2-7,10-12,14H2,1H3. The van der Waals surface area contributed by atoms with Crippen LogP contribution in [0.1, 0.15) is 70.3 Å². The summed E-state index contributed by atoms with van der Waals surface area (Å²) in [5.41, 5.74) is 1.44. The van der Waals surface area contributed by atoms with Gasteiger partial charge in [0, 0.05) is 12.4 Å². The summed E-state index contributed by atoms with van der Waals surface area (Å²) < 4.78 is 0. The van der Waals surface area contributed by atoms with Crippen molar-refractivity contribution in [2.75, 3.05) is 0 Å². The molecule has 1 fully saturated rings. The predicted molar refractivity (Wildman–Crippen MR) is 82.1 cm³/mol. The molecular formula is C18H29N. The third kappa shape index (κ3) is 4.97. The number of aromatic nitrogens is 1. The number of nitrogens with zero attached hydrogens (tertiary/aromatic N) is 1. The molecule has 1 aromatic heterocycles. The van der Waals surface area contributed by atoms with E-state index in [4.69, 9.17) is 0 Å². The minimum atomic E-state index is 0.906. The lowest BCUT2D eigenvalue weighted by molar-refractivity contribution is 0.306. The first-order valence-electron chi connectivity index (χ1n) is 8.29. The quantitative estimate of drug-likeness (QED) is 0.569. The monoisotopic (exact) mass is 259 g/mol. The molecule has 19 heavy (non-hydrogen) atoms. The number of pyridine rings is 1. The summed E-state index contributed by atoms with van der Waals surface area (Å²) in [6, 6.07) is 4.33. The van der Waals surface area contributed by atoms with E-state index in [9.17, 15) is 0 Å². The Morgan fingerprint density at radius 3 is 2.74 bits per heavy atom. The van der Waals surface area contributed by atoms with Gasteiger partial charge in [-0.1, -0.05) is 64.4 Å². The lowest BCUT2D eigenvalue weighted by atomic mass is 9.82. The molecule has 1 atom stereocenters. The minimum Gasteiger partial charge on any atom is -0.264 e. The van der Waals surface area contributed by atoms with Crippen LogP contribution in [0.4, 0.5) is 0 Å². The van der Waals surface area contributed by atoms with E-state index in [1.54, 1.807) is 0 Å². The van der Waals surface area contributed by atoms with Crippen LogP contribution in [-0.4, -0.2) is 4.98 Å². The van der Waals surface area contributed by atoms with Crippen LogP contribution in [0.5, 0.6) is 0 Å². The molecule has 0 aliphatic heterocycles. The van der Waals surface area contributed by atoms with Crippen LogP contribution in [0.25, 0.3) is 0 Å². The molecule has 1 aliphatic carbocycles. The van der Waals surface area contributed by atoms with Gasteiger partial charge in [-0.2, -0.15) is 0 Å². The molecule has 0 N–H and O–H groups in total. The average molecular weight is 259 g/mol. The van der Waals surface area contributed by atoms with E-state index in [0.29, 0.717) is 0 Å². The summed E-state index contributed by atoms with van der Waals surface area (Å²) in [6.45, 7) is 2.30. The molecule has 1 unspecified atom stereocenters. The van der Waals surface area contributed by atoms with Crippen LogP contribution in [0, 0.1) is 11.8 Å². The molecule has 1 aromatic rings. The van der Waals surface area contributed by atoms with Crippen molar-refractivity contribution in [2.24, 2.45) is 11.8 Å². The van der Waals surface area contributed by atoms with Crippen LogP contribution in [0.2, 0.25) is 0 Å². The molecule has 0 saturated heterocycles. The van der Waals surface area contributed by atoms with Crippen molar-refractivity contribution >= 4 is 0 Å². The third-order valence-electron chi connectivity index (χ3n) is 4.72. The molecule has 106 valence electrons. The Kier molecular flexibility index (Phi) is 6.39. The average Bonchev–Trinajstić information content (AvgIpc) is 2.97. The highest BCUT2D eigenvalue weighted by Gasteiger charge is 2.24. The number of hydrogen-bond acceptors (Lipinski definition) is 1. The van der Waals surface area contributed by atoms with E-state index in [-0.39, 0.29) is 0 Å². The van der Waals surface area contributed by atoms with Crippen molar-refractivity contribution in [1.82, 2.24) is 4.98 Å². The van der Waals surface area contributed by atoms with Gasteiger partial charge < -0.3 is 0 Å². The Morgan fingerprint density at radius 1 is 1.21 bits per heavy atom. The summed E-state index contributed by atoms with van der Waals surface area (Å²) in [4.78, 5) is 4.27. The lowest BCUT2D eigenvalue weighted by Crippen LogP contribution is -2.15. The number of rotatable bonds is 8. The molecule has 0 radical (unpaired) electrons. The molecule has 0 aromatic carbocycles. The largest absolute Gasteiger partial charge is 0.264 e. The summed E-state index contributed by atoms with van der Waals surface area (Å²) in [5.74, 6) is 1.89. The molecule has 1 saturated carbocycles. The molecule has 0 amide bonds. The first kappa shape index (κ1) is 14.6. The van der Waals surface area contributed by atoms with E-state index < -0.39 is 0 Å². The Balaban J connectivity index is 1.86. The van der Waals surface area contributed by atoms with Crippen LogP contribution in [0.15, 0.2) is 24.5 Å². The van der Waals surface area contributed by atoms with Gasteiger partial charge >= 0.3 is 0 Å². The van der Waals surface area contributed by atoms with E-state index in [2.05, 4.69) is 30.2 Å². The molecule has 1 heterocycles. The minimum absolute atomic E-state index is 0.906. The van der Waals surface area contributed by atoms with E-state index in [0.717, 1.165) is 11.8 Å². The van der Waals surface area contributed by atoms with Crippen molar-refractivity contribution in [1.29, 1.82) is 0 Å². The summed E-state index contributed by atoms with van der Waals surface area (Å²) in [5, 5.41) is 0. The van der Waals surface area contributed by atoms with Gasteiger partial charge in [-0.25, -0.2) is 0 Å². The van der Waals surface area contributed by atoms with Crippen molar-refractivity contribution < 1.29 is 0 Å². The van der Waals surface area contributed by atoms with Gasteiger partial charge in [0.05, 0.1) is 0 Å². The Bertz CT molecular complexity index is 327. The molecule has 0 bridgehead atoms. The Hall–Kier alpha value is -0.850. The first-order valence-corrected chi connectivity index (χ1v) is 8.29. The highest BCUT2D eigenvalue weighted by Crippen LogP contribution is 2.36. The number of hydrogen-bond donors (Lipinski definition) is 0. The third-order valence-corrected chi connectivity index (χ3v) is 4.72. The van der Waals surface area contributed by atoms with Crippen LogP contribution in [0.3, 0.4) is 0 Å². The zero-order valence-electron chi connectivity index (χ0n) is 12.5. The summed E-state index contributed by atoms with van der Waals surface area (Å²) in [7, 11) is 0. The second-order valence-corrected chi connectivity index (χ2v) is 6.22. The van der Waals surface area contributed by atoms with Gasteiger partial charge in [-0.3, -0.25) is 4.98 Å². The van der Waals surface area contributed by atoms with Gasteiger partial charge in [-0.15, -0.1) is 0 Å². The fourth-order valence-corrected chi connectivity index (χ4v) is 3.59. The van der Waals surface area contributed by atoms with Gasteiger partial charge in [0.2, 0.25) is 0 Å². The fraction of sp³-hybridized carbons (Fsp3) is 0.722. The van der Waals surface area contributed by atoms with Crippen LogP contribution < -0.4 is 0 Å². The molecule has 1 nitrogen and oxygen atoms in total. The van der Waals surface area contributed by atoms with Gasteiger partial charge in [0.25, 0.3) is 0 Å². The smallest absolute Gasteiger partial charge is 0.0299 e. The SMILES string of the molecule is CCCCCCC(Cc1cccnc1)C1CCCC1. The van der Waals surface area contributed by atoms with Crippen LogP contribution >= 0.6 is 0 Å². The van der Waals surface area contributed by atoms with Crippen molar-refractivity contribution in [3.8, 4) is 0 Å². The van der Waals surface area contributed by atoms with Gasteiger partial charge in [-0.05, 0) is 36.3 Å². The zero-order chi connectivity index (χ0) is 13.3. The molecule has 1 heteroatoms. The van der Waals surface area contributed by atoms with E-state index in [1.807, 2.05) is 6.20 Å². The van der Waals surface area contributed by atoms with Crippen molar-refractivity contribution in [3.63, 3.8) is 0 Å².